The van der Waals surface area contributed by atoms with Crippen molar-refractivity contribution in [3.63, 3.8) is 0 Å². The van der Waals surface area contributed by atoms with Crippen molar-refractivity contribution in [2.24, 2.45) is 0 Å². The van der Waals surface area contributed by atoms with Crippen LogP contribution in [-0.2, 0) is 16.1 Å². The molecule has 0 spiro atoms. The molecule has 5 rings (SSSR count). The quantitative estimate of drug-likeness (QED) is 0.454. The molecule has 2 amide bonds. The minimum Gasteiger partial charge on any atom is -0.383 e. The van der Waals surface area contributed by atoms with Crippen LogP contribution in [0.1, 0.15) is 46.3 Å². The Morgan fingerprint density at radius 3 is 2.76 bits per heavy atom. The Balaban J connectivity index is 1.33. The molecular weight excluding hydrogens is 446 g/mol. The van der Waals surface area contributed by atoms with Crippen molar-refractivity contribution in [2.45, 2.75) is 31.8 Å². The van der Waals surface area contributed by atoms with Crippen LogP contribution in [0.3, 0.4) is 0 Å². The number of nitrogens with zero attached hydrogens (tertiary/aromatic N) is 1. The van der Waals surface area contributed by atoms with Crippen LogP contribution in [0.25, 0.3) is 11.1 Å². The number of amides is 2. The molecule has 0 radical (unpaired) electrons. The number of anilines is 1. The summed E-state index contributed by atoms with van der Waals surface area (Å²) in [5.41, 5.74) is 6.12. The summed E-state index contributed by atoms with van der Waals surface area (Å²) < 4.78 is 5.36. The Morgan fingerprint density at radius 2 is 2.00 bits per heavy atom. The second-order valence-corrected chi connectivity index (χ2v) is 9.91. The highest BCUT2D eigenvalue weighted by Crippen LogP contribution is 2.34. The van der Waals surface area contributed by atoms with Crippen LogP contribution in [0, 0.1) is 0 Å². The van der Waals surface area contributed by atoms with Crippen LogP contribution >= 0.6 is 11.8 Å². The maximum atomic E-state index is 12.7. The second kappa shape index (κ2) is 10.2. The minimum absolute atomic E-state index is 0.350. The summed E-state index contributed by atoms with van der Waals surface area (Å²) in [6, 6.07) is 14.5. The zero-order valence-electron chi connectivity index (χ0n) is 19.3. The van der Waals surface area contributed by atoms with Gasteiger partial charge in [0.2, 0.25) is 0 Å². The summed E-state index contributed by atoms with van der Waals surface area (Å²) in [6.45, 7) is 2.78. The molecule has 1 fully saturated rings. The number of hydrogen-bond donors (Lipinski definition) is 2. The lowest BCUT2D eigenvalue weighted by Gasteiger charge is -2.23. The van der Waals surface area contributed by atoms with E-state index in [0.717, 1.165) is 43.1 Å². The molecule has 2 aromatic rings. The van der Waals surface area contributed by atoms with Gasteiger partial charge >= 0.3 is 0 Å². The van der Waals surface area contributed by atoms with E-state index in [2.05, 4.69) is 33.1 Å². The lowest BCUT2D eigenvalue weighted by atomic mass is 9.91. The average molecular weight is 476 g/mol. The average Bonchev–Trinajstić information content (AvgIpc) is 3.53. The van der Waals surface area contributed by atoms with Gasteiger partial charge in [0.05, 0.1) is 12.2 Å². The Bertz CT molecular complexity index is 1160. The number of imide groups is 1. The van der Waals surface area contributed by atoms with Gasteiger partial charge in [-0.25, -0.2) is 0 Å². The number of methoxy groups -OCH3 is 1. The molecule has 1 atom stereocenters. The third-order valence-electron chi connectivity index (χ3n) is 6.69. The zero-order chi connectivity index (χ0) is 23.5. The summed E-state index contributed by atoms with van der Waals surface area (Å²) in [6.07, 6.45) is 5.10. The third kappa shape index (κ3) is 4.82. The van der Waals surface area contributed by atoms with Gasteiger partial charge in [0.25, 0.3) is 11.8 Å². The number of likely N-dealkylation sites (tertiary alicyclic amines) is 1. The van der Waals surface area contributed by atoms with Gasteiger partial charge in [0.15, 0.2) is 0 Å². The largest absolute Gasteiger partial charge is 0.383 e. The lowest BCUT2D eigenvalue weighted by Crippen LogP contribution is -2.36. The van der Waals surface area contributed by atoms with E-state index >= 15 is 0 Å². The smallest absolute Gasteiger partial charge is 0.260 e. The van der Waals surface area contributed by atoms with E-state index in [1.54, 1.807) is 25.1 Å². The number of hydrogen-bond acceptors (Lipinski definition) is 6. The molecule has 6 nitrogen and oxygen atoms in total. The highest BCUT2D eigenvalue weighted by molar-refractivity contribution is 8.02. The number of thioether (sulfide) groups is 1. The first kappa shape index (κ1) is 22.9. The zero-order valence-corrected chi connectivity index (χ0v) is 20.1. The molecule has 3 aliphatic heterocycles. The van der Waals surface area contributed by atoms with Crippen LogP contribution < -0.4 is 10.6 Å². The normalized spacial score (nSPS) is 21.5. The number of allylic oxidation sites excluding steroid dienone is 1. The van der Waals surface area contributed by atoms with Crippen LogP contribution in [0.4, 0.5) is 5.69 Å². The highest BCUT2D eigenvalue weighted by atomic mass is 32.2. The van der Waals surface area contributed by atoms with Crippen molar-refractivity contribution in [1.82, 2.24) is 10.2 Å². The maximum absolute atomic E-state index is 12.7. The van der Waals surface area contributed by atoms with Crippen molar-refractivity contribution >= 4 is 40.4 Å². The molecule has 1 saturated heterocycles. The molecule has 0 unspecified atom stereocenters. The van der Waals surface area contributed by atoms with Gasteiger partial charge in [0.1, 0.15) is 0 Å². The van der Waals surface area contributed by atoms with Crippen molar-refractivity contribution in [2.75, 3.05) is 31.3 Å². The van der Waals surface area contributed by atoms with Crippen LogP contribution in [0.15, 0.2) is 54.1 Å². The number of nitrogens with one attached hydrogen (secondary N) is 2. The van der Waals surface area contributed by atoms with Gasteiger partial charge in [0, 0.05) is 48.5 Å². The summed E-state index contributed by atoms with van der Waals surface area (Å²) in [5.74, 6) is 0.333. The second-order valence-electron chi connectivity index (χ2n) is 8.93. The molecular formula is C27H29N3O3S. The van der Waals surface area contributed by atoms with Crippen LogP contribution in [0.2, 0.25) is 0 Å². The van der Waals surface area contributed by atoms with E-state index in [-0.39, 0.29) is 11.8 Å². The summed E-state index contributed by atoms with van der Waals surface area (Å²) in [5, 5.41) is 7.87. The van der Waals surface area contributed by atoms with Gasteiger partial charge in [-0.3, -0.25) is 19.8 Å². The first-order valence-corrected chi connectivity index (χ1v) is 12.8. The van der Waals surface area contributed by atoms with Crippen molar-refractivity contribution in [3.05, 3.63) is 76.3 Å². The minimum atomic E-state index is -0.383. The van der Waals surface area contributed by atoms with E-state index in [4.69, 9.17) is 4.74 Å². The molecule has 7 heteroatoms. The summed E-state index contributed by atoms with van der Waals surface area (Å²) in [7, 11) is 1.76. The van der Waals surface area contributed by atoms with E-state index in [9.17, 15) is 9.59 Å². The van der Waals surface area contributed by atoms with Gasteiger partial charge < -0.3 is 10.1 Å². The topological polar surface area (TPSA) is 70.7 Å². The SMILES string of the molecule is COC[C@@H]1CCCN1Cc1ccc(N/C=C2\C(=O)NC(=O)c3ccc(C4=CSCC4)cc32)cc1. The standard InChI is InChI=1S/C27H29N3O3S/c1-33-16-22-3-2-11-30(22)15-18-4-7-21(8-5-18)28-14-25-24-13-19(20-10-12-34-17-20)6-9-23(24)26(31)29-27(25)32/h4-9,13-14,17,22,28H,2-3,10-12,15-16H2,1H3,(H,29,31,32)/b25-14-/t22-/m0/s1. The number of rotatable bonds is 7. The van der Waals surface area contributed by atoms with E-state index in [0.29, 0.717) is 22.7 Å². The Kier molecular flexibility index (Phi) is 6.85. The molecule has 0 bridgehead atoms. The van der Waals surface area contributed by atoms with Gasteiger partial charge in [-0.05, 0) is 72.2 Å². The predicted octanol–water partition coefficient (Wildman–Crippen LogP) is 4.50. The summed E-state index contributed by atoms with van der Waals surface area (Å²) in [4.78, 5) is 27.5. The Morgan fingerprint density at radius 1 is 1.15 bits per heavy atom. The van der Waals surface area contributed by atoms with E-state index in [1.807, 2.05) is 30.3 Å². The fourth-order valence-electron chi connectivity index (χ4n) is 4.85. The Labute approximate surface area is 204 Å². The molecule has 0 aromatic heterocycles. The van der Waals surface area contributed by atoms with Gasteiger partial charge in [-0.2, -0.15) is 0 Å². The summed E-state index contributed by atoms with van der Waals surface area (Å²) >= 11 is 1.79. The number of carbonyl (C=O) groups excluding carboxylic acids is 2. The molecule has 0 saturated carbocycles. The first-order chi connectivity index (χ1) is 16.6. The fraction of sp³-hybridized carbons (Fsp3) is 0.333. The maximum Gasteiger partial charge on any atom is 0.260 e. The number of benzene rings is 2. The monoisotopic (exact) mass is 475 g/mol. The molecule has 176 valence electrons. The number of ether oxygens (including phenoxy) is 1. The van der Waals surface area contributed by atoms with Crippen LogP contribution in [-0.4, -0.2) is 48.8 Å². The fourth-order valence-corrected chi connectivity index (χ4v) is 5.76. The van der Waals surface area contributed by atoms with Crippen molar-refractivity contribution in [3.8, 4) is 0 Å². The molecule has 3 heterocycles. The first-order valence-electron chi connectivity index (χ1n) is 11.7. The number of carbonyl (C=O) groups is 2. The Hall–Kier alpha value is -2.87. The molecule has 2 N–H and O–H groups in total. The third-order valence-corrected chi connectivity index (χ3v) is 7.58. The lowest BCUT2D eigenvalue weighted by molar-refractivity contribution is -0.114. The van der Waals surface area contributed by atoms with E-state index in [1.165, 1.54) is 24.0 Å². The number of fused-ring (bicyclic) bond motifs is 1. The van der Waals surface area contributed by atoms with E-state index < -0.39 is 0 Å². The molecule has 0 aliphatic carbocycles. The molecule has 3 aliphatic rings. The predicted molar refractivity (Wildman–Crippen MR) is 137 cm³/mol. The van der Waals surface area contributed by atoms with Crippen LogP contribution in [0.5, 0.6) is 0 Å². The highest BCUT2D eigenvalue weighted by Gasteiger charge is 2.28. The molecule has 34 heavy (non-hydrogen) atoms. The van der Waals surface area contributed by atoms with Crippen molar-refractivity contribution in [1.29, 1.82) is 0 Å². The molecule has 2 aromatic carbocycles. The van der Waals surface area contributed by atoms with Gasteiger partial charge in [-0.1, -0.05) is 18.2 Å². The van der Waals surface area contributed by atoms with Gasteiger partial charge in [-0.15, -0.1) is 11.8 Å². The van der Waals surface area contributed by atoms with Crippen molar-refractivity contribution < 1.29 is 14.3 Å².